The van der Waals surface area contributed by atoms with Crippen LogP contribution >= 0.6 is 11.6 Å². The molecule has 0 atom stereocenters. The second-order valence-electron chi connectivity index (χ2n) is 5.87. The first-order valence-electron chi connectivity index (χ1n) is 8.57. The molecule has 3 aromatic rings. The number of ether oxygens (including phenoxy) is 1. The van der Waals surface area contributed by atoms with Gasteiger partial charge in [0.15, 0.2) is 0 Å². The highest BCUT2D eigenvalue weighted by atomic mass is 35.5. The van der Waals surface area contributed by atoms with Gasteiger partial charge in [-0.15, -0.1) is 0 Å². The highest BCUT2D eigenvalue weighted by molar-refractivity contribution is 7.92. The van der Waals surface area contributed by atoms with Gasteiger partial charge in [-0.2, -0.15) is 0 Å². The minimum absolute atomic E-state index is 0.0984. The van der Waals surface area contributed by atoms with Gasteiger partial charge >= 0.3 is 5.97 Å². The van der Waals surface area contributed by atoms with E-state index >= 15 is 0 Å². The standard InChI is InChI=1S/C21H18ClNO4S/c1-2-23(18-6-4-3-5-7-18)28(25,26)20-14-8-16(9-15-20)21(24)27-19-12-10-17(22)11-13-19/h3-15H,2H2,1H3. The molecule has 5 nitrogen and oxygen atoms in total. The Morgan fingerprint density at radius 3 is 2.11 bits per heavy atom. The van der Waals surface area contributed by atoms with Crippen molar-refractivity contribution >= 4 is 33.3 Å². The molecule has 0 aliphatic heterocycles. The Kier molecular flexibility index (Phi) is 6.02. The molecular weight excluding hydrogens is 398 g/mol. The van der Waals surface area contributed by atoms with Gasteiger partial charge in [-0.05, 0) is 67.6 Å². The Balaban J connectivity index is 1.81. The fraction of sp³-hybridized carbons (Fsp3) is 0.0952. The Morgan fingerprint density at radius 2 is 1.54 bits per heavy atom. The molecule has 0 unspecified atom stereocenters. The van der Waals surface area contributed by atoms with Crippen LogP contribution in [0.2, 0.25) is 5.02 Å². The zero-order valence-corrected chi connectivity index (χ0v) is 16.7. The smallest absolute Gasteiger partial charge is 0.343 e. The van der Waals surface area contributed by atoms with Gasteiger partial charge in [0.1, 0.15) is 5.75 Å². The van der Waals surface area contributed by atoms with E-state index in [-0.39, 0.29) is 17.0 Å². The zero-order valence-electron chi connectivity index (χ0n) is 15.1. The molecular formula is C21H18ClNO4S. The van der Waals surface area contributed by atoms with Crippen molar-refractivity contribution < 1.29 is 17.9 Å². The number of nitrogens with zero attached hydrogens (tertiary/aromatic N) is 1. The number of benzene rings is 3. The maximum atomic E-state index is 13.0. The third-order valence-corrected chi connectivity index (χ3v) is 6.20. The number of rotatable bonds is 6. The van der Waals surface area contributed by atoms with Gasteiger partial charge in [-0.3, -0.25) is 4.31 Å². The molecule has 0 aromatic heterocycles. The monoisotopic (exact) mass is 415 g/mol. The molecule has 0 aliphatic rings. The summed E-state index contributed by atoms with van der Waals surface area (Å²) in [6.07, 6.45) is 0. The Hall–Kier alpha value is -2.83. The number of hydrogen-bond acceptors (Lipinski definition) is 4. The molecule has 0 saturated carbocycles. The molecule has 3 rings (SSSR count). The third-order valence-electron chi connectivity index (χ3n) is 4.03. The van der Waals surface area contributed by atoms with Gasteiger partial charge in [0, 0.05) is 11.6 Å². The van der Waals surface area contributed by atoms with Crippen molar-refractivity contribution in [3.05, 3.63) is 89.4 Å². The van der Waals surface area contributed by atoms with Crippen molar-refractivity contribution in [1.29, 1.82) is 0 Å². The van der Waals surface area contributed by atoms with Gasteiger partial charge in [0.2, 0.25) is 0 Å². The number of carbonyl (C=O) groups excluding carboxylic acids is 1. The SMILES string of the molecule is CCN(c1ccccc1)S(=O)(=O)c1ccc(C(=O)Oc2ccc(Cl)cc2)cc1. The molecule has 0 bridgehead atoms. The quantitative estimate of drug-likeness (QED) is 0.429. The summed E-state index contributed by atoms with van der Waals surface area (Å²) in [4.78, 5) is 12.4. The fourth-order valence-electron chi connectivity index (χ4n) is 2.64. The summed E-state index contributed by atoms with van der Waals surface area (Å²) < 4.78 is 32.5. The van der Waals surface area contributed by atoms with Crippen LogP contribution in [0.25, 0.3) is 0 Å². The van der Waals surface area contributed by atoms with E-state index in [0.717, 1.165) is 0 Å². The van der Waals surface area contributed by atoms with Crippen LogP contribution in [-0.4, -0.2) is 20.9 Å². The van der Waals surface area contributed by atoms with Crippen molar-refractivity contribution in [1.82, 2.24) is 0 Å². The average Bonchev–Trinajstić information content (AvgIpc) is 2.71. The van der Waals surface area contributed by atoms with E-state index in [1.165, 1.54) is 28.6 Å². The van der Waals surface area contributed by atoms with Crippen LogP contribution in [-0.2, 0) is 10.0 Å². The summed E-state index contributed by atoms with van der Waals surface area (Å²) in [6, 6.07) is 20.9. The van der Waals surface area contributed by atoms with Crippen LogP contribution in [0.3, 0.4) is 0 Å². The van der Waals surface area contributed by atoms with Crippen LogP contribution < -0.4 is 9.04 Å². The number of para-hydroxylation sites is 1. The Labute approximate surface area is 169 Å². The van der Waals surface area contributed by atoms with Gasteiger partial charge < -0.3 is 4.74 Å². The topological polar surface area (TPSA) is 63.7 Å². The first-order valence-corrected chi connectivity index (χ1v) is 10.4. The van der Waals surface area contributed by atoms with Gasteiger partial charge in [-0.1, -0.05) is 29.8 Å². The molecule has 28 heavy (non-hydrogen) atoms. The number of sulfonamides is 1. The van der Waals surface area contributed by atoms with Gasteiger partial charge in [-0.25, -0.2) is 13.2 Å². The summed E-state index contributed by atoms with van der Waals surface area (Å²) in [7, 11) is -3.74. The van der Waals surface area contributed by atoms with E-state index in [0.29, 0.717) is 16.5 Å². The summed E-state index contributed by atoms with van der Waals surface area (Å²) in [6.45, 7) is 2.05. The molecule has 0 fully saturated rings. The Morgan fingerprint density at radius 1 is 0.929 bits per heavy atom. The maximum absolute atomic E-state index is 13.0. The van der Waals surface area contributed by atoms with E-state index in [1.807, 2.05) is 6.07 Å². The lowest BCUT2D eigenvalue weighted by atomic mass is 10.2. The predicted molar refractivity (Wildman–Crippen MR) is 110 cm³/mol. The molecule has 0 N–H and O–H groups in total. The van der Waals surface area contributed by atoms with E-state index in [4.69, 9.17) is 16.3 Å². The van der Waals surface area contributed by atoms with Crippen molar-refractivity contribution in [2.24, 2.45) is 0 Å². The highest BCUT2D eigenvalue weighted by Crippen LogP contribution is 2.24. The predicted octanol–water partition coefficient (Wildman–Crippen LogP) is 4.77. The second-order valence-corrected chi connectivity index (χ2v) is 8.17. The molecule has 144 valence electrons. The summed E-state index contributed by atoms with van der Waals surface area (Å²) in [5.74, 6) is -0.228. The van der Waals surface area contributed by atoms with E-state index < -0.39 is 16.0 Å². The summed E-state index contributed by atoms with van der Waals surface area (Å²) in [5, 5.41) is 0.535. The van der Waals surface area contributed by atoms with Crippen LogP contribution in [0, 0.1) is 0 Å². The van der Waals surface area contributed by atoms with E-state index in [2.05, 4.69) is 0 Å². The maximum Gasteiger partial charge on any atom is 0.343 e. The van der Waals surface area contributed by atoms with Gasteiger partial charge in [0.25, 0.3) is 10.0 Å². The fourth-order valence-corrected chi connectivity index (χ4v) is 4.24. The molecule has 0 aliphatic carbocycles. The average molecular weight is 416 g/mol. The molecule has 0 spiro atoms. The molecule has 0 saturated heterocycles. The molecule has 7 heteroatoms. The molecule has 0 heterocycles. The van der Waals surface area contributed by atoms with Crippen molar-refractivity contribution in [2.75, 3.05) is 10.8 Å². The molecule has 3 aromatic carbocycles. The van der Waals surface area contributed by atoms with Crippen LogP contribution in [0.4, 0.5) is 5.69 Å². The molecule has 0 amide bonds. The first kappa shape index (κ1) is 19.9. The molecule has 0 radical (unpaired) electrons. The lowest BCUT2D eigenvalue weighted by molar-refractivity contribution is 0.0734. The zero-order chi connectivity index (χ0) is 20.1. The third kappa shape index (κ3) is 4.35. The minimum Gasteiger partial charge on any atom is -0.423 e. The summed E-state index contributed by atoms with van der Waals surface area (Å²) in [5.41, 5.74) is 0.827. The normalized spacial score (nSPS) is 11.1. The first-order chi connectivity index (χ1) is 13.4. The van der Waals surface area contributed by atoms with Crippen LogP contribution in [0.15, 0.2) is 83.8 Å². The number of halogens is 1. The lowest BCUT2D eigenvalue weighted by Gasteiger charge is -2.22. The second kappa shape index (κ2) is 8.46. The summed E-state index contributed by atoms with van der Waals surface area (Å²) >= 11 is 5.81. The number of esters is 1. The van der Waals surface area contributed by atoms with E-state index in [1.54, 1.807) is 55.5 Å². The van der Waals surface area contributed by atoms with Crippen LogP contribution in [0.5, 0.6) is 5.75 Å². The minimum atomic E-state index is -3.74. The van der Waals surface area contributed by atoms with Crippen molar-refractivity contribution in [2.45, 2.75) is 11.8 Å². The Bertz CT molecular complexity index is 1050. The lowest BCUT2D eigenvalue weighted by Crippen LogP contribution is -2.30. The largest absolute Gasteiger partial charge is 0.423 e. The van der Waals surface area contributed by atoms with Crippen LogP contribution in [0.1, 0.15) is 17.3 Å². The van der Waals surface area contributed by atoms with Crippen molar-refractivity contribution in [3.8, 4) is 5.75 Å². The van der Waals surface area contributed by atoms with E-state index in [9.17, 15) is 13.2 Å². The van der Waals surface area contributed by atoms with Crippen molar-refractivity contribution in [3.63, 3.8) is 0 Å². The number of anilines is 1. The highest BCUT2D eigenvalue weighted by Gasteiger charge is 2.23. The van der Waals surface area contributed by atoms with Gasteiger partial charge in [0.05, 0.1) is 16.1 Å². The number of carbonyl (C=O) groups is 1. The number of hydrogen-bond donors (Lipinski definition) is 0.